The van der Waals surface area contributed by atoms with Crippen molar-refractivity contribution < 1.29 is 9.90 Å². The summed E-state index contributed by atoms with van der Waals surface area (Å²) in [6.45, 7) is 6.06. The fraction of sp³-hybridized carbons (Fsp3) is 0.889. The van der Waals surface area contributed by atoms with Crippen molar-refractivity contribution in [2.75, 3.05) is 13.1 Å². The summed E-state index contributed by atoms with van der Waals surface area (Å²) >= 11 is 0. The molecule has 1 aliphatic carbocycles. The summed E-state index contributed by atoms with van der Waals surface area (Å²) < 4.78 is 0. The van der Waals surface area contributed by atoms with Crippen molar-refractivity contribution in [3.05, 3.63) is 0 Å². The van der Waals surface area contributed by atoms with Gasteiger partial charge < -0.3 is 10.4 Å². The summed E-state index contributed by atoms with van der Waals surface area (Å²) in [5.74, 6) is 0.0313. The first kappa shape index (κ1) is 9.52. The molecular weight excluding hydrogens is 154 g/mol. The van der Waals surface area contributed by atoms with Crippen LogP contribution in [0.1, 0.15) is 26.7 Å². The number of hydrogen-bond acceptors (Lipinski definition) is 2. The highest BCUT2D eigenvalue weighted by Gasteiger charge is 2.44. The van der Waals surface area contributed by atoms with Gasteiger partial charge in [0.1, 0.15) is 0 Å². The number of nitrogens with one attached hydrogen (secondary N) is 1. The van der Waals surface area contributed by atoms with Gasteiger partial charge in [-0.1, -0.05) is 13.8 Å². The van der Waals surface area contributed by atoms with E-state index < -0.39 is 5.97 Å². The van der Waals surface area contributed by atoms with E-state index in [1.54, 1.807) is 0 Å². The zero-order valence-corrected chi connectivity index (χ0v) is 7.76. The lowest BCUT2D eigenvalue weighted by molar-refractivity contribution is -0.136. The van der Waals surface area contributed by atoms with Crippen LogP contribution in [0.15, 0.2) is 0 Å². The maximum Gasteiger partial charge on any atom is 0.304 e. The SMILES string of the molecule is CC1(C)CC1CNCCC(=O)O. The molecule has 1 fully saturated rings. The molecule has 0 radical (unpaired) electrons. The van der Waals surface area contributed by atoms with Gasteiger partial charge >= 0.3 is 5.97 Å². The third-order valence-corrected chi connectivity index (χ3v) is 2.62. The predicted molar refractivity (Wildman–Crippen MR) is 47.0 cm³/mol. The topological polar surface area (TPSA) is 49.3 Å². The average Bonchev–Trinajstić information content (AvgIpc) is 2.51. The standard InChI is InChI=1S/C9H17NO2/c1-9(2)5-7(9)6-10-4-3-8(11)12/h7,10H,3-6H2,1-2H3,(H,11,12). The van der Waals surface area contributed by atoms with Gasteiger partial charge in [0.05, 0.1) is 6.42 Å². The predicted octanol–water partition coefficient (Wildman–Crippen LogP) is 1.10. The number of aliphatic carboxylic acids is 1. The first-order valence-electron chi connectivity index (χ1n) is 4.45. The summed E-state index contributed by atoms with van der Waals surface area (Å²) in [6.07, 6.45) is 1.50. The molecule has 0 amide bonds. The van der Waals surface area contributed by atoms with Crippen LogP contribution in [-0.4, -0.2) is 24.2 Å². The summed E-state index contributed by atoms with van der Waals surface area (Å²) in [7, 11) is 0. The molecule has 0 saturated heterocycles. The fourth-order valence-corrected chi connectivity index (χ4v) is 1.40. The number of carbonyl (C=O) groups is 1. The second-order valence-electron chi connectivity index (χ2n) is 4.24. The van der Waals surface area contributed by atoms with E-state index in [9.17, 15) is 4.79 Å². The summed E-state index contributed by atoms with van der Waals surface area (Å²) in [4.78, 5) is 10.1. The minimum atomic E-state index is -0.724. The molecule has 2 N–H and O–H groups in total. The molecule has 0 aromatic rings. The number of rotatable bonds is 5. The lowest BCUT2D eigenvalue weighted by Gasteiger charge is -2.03. The summed E-state index contributed by atoms with van der Waals surface area (Å²) in [5.41, 5.74) is 0.496. The Labute approximate surface area is 73.2 Å². The molecule has 0 spiro atoms. The number of hydrogen-bond donors (Lipinski definition) is 2. The molecule has 1 rings (SSSR count). The van der Waals surface area contributed by atoms with Gasteiger partial charge in [0.15, 0.2) is 0 Å². The fourth-order valence-electron chi connectivity index (χ4n) is 1.40. The van der Waals surface area contributed by atoms with Gasteiger partial charge in [0.25, 0.3) is 0 Å². The van der Waals surface area contributed by atoms with Crippen LogP contribution in [0.3, 0.4) is 0 Å². The van der Waals surface area contributed by atoms with Crippen LogP contribution in [0.4, 0.5) is 0 Å². The second kappa shape index (κ2) is 3.44. The van der Waals surface area contributed by atoms with Gasteiger partial charge in [-0.3, -0.25) is 4.79 Å². The molecule has 1 saturated carbocycles. The van der Waals surface area contributed by atoms with Crippen LogP contribution in [-0.2, 0) is 4.79 Å². The lowest BCUT2D eigenvalue weighted by atomic mass is 10.1. The monoisotopic (exact) mass is 171 g/mol. The van der Waals surface area contributed by atoms with Crippen molar-refractivity contribution >= 4 is 5.97 Å². The minimum Gasteiger partial charge on any atom is -0.481 e. The third-order valence-electron chi connectivity index (χ3n) is 2.62. The van der Waals surface area contributed by atoms with Crippen LogP contribution in [0.2, 0.25) is 0 Å². The Balaban J connectivity index is 1.94. The van der Waals surface area contributed by atoms with Gasteiger partial charge in [-0.2, -0.15) is 0 Å². The largest absolute Gasteiger partial charge is 0.481 e. The smallest absolute Gasteiger partial charge is 0.304 e. The summed E-state index contributed by atoms with van der Waals surface area (Å²) in [5, 5.41) is 11.5. The van der Waals surface area contributed by atoms with Crippen molar-refractivity contribution in [1.82, 2.24) is 5.32 Å². The molecule has 1 unspecified atom stereocenters. The molecule has 0 heterocycles. The maximum atomic E-state index is 10.1. The molecule has 0 aliphatic heterocycles. The third kappa shape index (κ3) is 2.81. The van der Waals surface area contributed by atoms with Crippen LogP contribution in [0.25, 0.3) is 0 Å². The first-order chi connectivity index (χ1) is 5.52. The Morgan fingerprint density at radius 2 is 2.25 bits per heavy atom. The highest BCUT2D eigenvalue weighted by molar-refractivity contribution is 5.66. The van der Waals surface area contributed by atoms with E-state index in [1.165, 1.54) is 6.42 Å². The highest BCUT2D eigenvalue weighted by atomic mass is 16.4. The molecule has 3 heteroatoms. The molecule has 12 heavy (non-hydrogen) atoms. The van der Waals surface area contributed by atoms with Crippen LogP contribution >= 0.6 is 0 Å². The molecule has 3 nitrogen and oxygen atoms in total. The van der Waals surface area contributed by atoms with Gasteiger partial charge in [0.2, 0.25) is 0 Å². The van der Waals surface area contributed by atoms with Crippen LogP contribution in [0.5, 0.6) is 0 Å². The molecule has 0 aromatic heterocycles. The maximum absolute atomic E-state index is 10.1. The quantitative estimate of drug-likeness (QED) is 0.609. The normalized spacial score (nSPS) is 25.3. The zero-order valence-electron chi connectivity index (χ0n) is 7.76. The molecule has 0 aromatic carbocycles. The molecule has 70 valence electrons. The van der Waals surface area contributed by atoms with E-state index in [1.807, 2.05) is 0 Å². The Bertz CT molecular complexity index is 177. The van der Waals surface area contributed by atoms with Gasteiger partial charge in [-0.15, -0.1) is 0 Å². The van der Waals surface area contributed by atoms with Crippen molar-refractivity contribution in [2.24, 2.45) is 11.3 Å². The Morgan fingerprint density at radius 3 is 2.67 bits per heavy atom. The van der Waals surface area contributed by atoms with Crippen molar-refractivity contribution in [3.8, 4) is 0 Å². The molecule has 1 aliphatic rings. The first-order valence-corrected chi connectivity index (χ1v) is 4.45. The summed E-state index contributed by atoms with van der Waals surface area (Å²) in [6, 6.07) is 0. The highest BCUT2D eigenvalue weighted by Crippen LogP contribution is 2.50. The van der Waals surface area contributed by atoms with E-state index in [4.69, 9.17) is 5.11 Å². The lowest BCUT2D eigenvalue weighted by Crippen LogP contribution is -2.21. The van der Waals surface area contributed by atoms with Crippen LogP contribution < -0.4 is 5.32 Å². The number of carboxylic acids is 1. The Kier molecular flexibility index (Phi) is 2.73. The van der Waals surface area contributed by atoms with Gasteiger partial charge in [0, 0.05) is 6.54 Å². The van der Waals surface area contributed by atoms with Gasteiger partial charge in [-0.25, -0.2) is 0 Å². The van der Waals surface area contributed by atoms with Crippen LogP contribution in [0, 0.1) is 11.3 Å². The van der Waals surface area contributed by atoms with Crippen molar-refractivity contribution in [2.45, 2.75) is 26.7 Å². The van der Waals surface area contributed by atoms with E-state index in [0.29, 0.717) is 12.0 Å². The molecular formula is C9H17NO2. The van der Waals surface area contributed by atoms with Gasteiger partial charge in [-0.05, 0) is 24.3 Å². The Hall–Kier alpha value is -0.570. The van der Waals surface area contributed by atoms with E-state index in [0.717, 1.165) is 12.5 Å². The van der Waals surface area contributed by atoms with Crippen molar-refractivity contribution in [3.63, 3.8) is 0 Å². The molecule has 1 atom stereocenters. The molecule has 0 bridgehead atoms. The minimum absolute atomic E-state index is 0.229. The van der Waals surface area contributed by atoms with E-state index in [-0.39, 0.29) is 6.42 Å². The van der Waals surface area contributed by atoms with E-state index in [2.05, 4.69) is 19.2 Å². The zero-order chi connectivity index (χ0) is 9.19. The Morgan fingerprint density at radius 1 is 1.67 bits per heavy atom. The van der Waals surface area contributed by atoms with E-state index >= 15 is 0 Å². The average molecular weight is 171 g/mol. The van der Waals surface area contributed by atoms with Crippen molar-refractivity contribution in [1.29, 1.82) is 0 Å². The number of carboxylic acid groups (broad SMARTS) is 1. The second-order valence-corrected chi connectivity index (χ2v) is 4.24.